The number of amides is 1. The Bertz CT molecular complexity index is 899. The van der Waals surface area contributed by atoms with E-state index in [1.54, 1.807) is 19.2 Å². The number of benzene rings is 2. The molecule has 0 saturated heterocycles. The molecule has 2 aromatic carbocycles. The summed E-state index contributed by atoms with van der Waals surface area (Å²) >= 11 is 8.64. The van der Waals surface area contributed by atoms with Gasteiger partial charge in [-0.1, -0.05) is 35.1 Å². The summed E-state index contributed by atoms with van der Waals surface area (Å²) in [7, 11) is 1.61. The average molecular weight is 406 g/mol. The highest BCUT2D eigenvalue weighted by molar-refractivity contribution is 8.00. The minimum atomic E-state index is -0.283. The molecule has 1 heterocycles. The van der Waals surface area contributed by atoms with E-state index in [-0.39, 0.29) is 11.2 Å². The molecule has 0 aliphatic heterocycles. The maximum Gasteiger partial charge on any atom is 0.239 e. The maximum absolute atomic E-state index is 12.4. The molecule has 1 atom stereocenters. The number of rotatable bonds is 6. The minimum absolute atomic E-state index is 0.132. The SMILES string of the molecule is COc1ccccc1-c1nnc(NC(=O)C(C)Sc2ccc(Cl)cc2)s1. The molecule has 0 radical (unpaired) electrons. The summed E-state index contributed by atoms with van der Waals surface area (Å²) in [5.41, 5.74) is 0.844. The van der Waals surface area contributed by atoms with E-state index in [0.29, 0.717) is 20.9 Å². The number of nitrogens with zero attached hydrogens (tertiary/aromatic N) is 2. The van der Waals surface area contributed by atoms with Crippen LogP contribution in [0.3, 0.4) is 0 Å². The van der Waals surface area contributed by atoms with Crippen LogP contribution in [0.4, 0.5) is 5.13 Å². The van der Waals surface area contributed by atoms with Crippen molar-refractivity contribution >= 4 is 45.7 Å². The maximum atomic E-state index is 12.4. The van der Waals surface area contributed by atoms with Gasteiger partial charge in [0.25, 0.3) is 0 Å². The Balaban J connectivity index is 1.66. The van der Waals surface area contributed by atoms with Gasteiger partial charge in [-0.05, 0) is 43.3 Å². The third-order valence-electron chi connectivity index (χ3n) is 3.49. The Hall–Kier alpha value is -2.09. The predicted octanol–water partition coefficient (Wildman–Crippen LogP) is 4.99. The number of hydrogen-bond acceptors (Lipinski definition) is 6. The lowest BCUT2D eigenvalue weighted by molar-refractivity contribution is -0.115. The van der Waals surface area contributed by atoms with Gasteiger partial charge in [0.1, 0.15) is 5.75 Å². The van der Waals surface area contributed by atoms with Crippen molar-refractivity contribution in [2.45, 2.75) is 17.1 Å². The van der Waals surface area contributed by atoms with Crippen LogP contribution in [0.1, 0.15) is 6.92 Å². The first-order chi connectivity index (χ1) is 12.6. The molecule has 1 amide bonds. The molecule has 0 spiro atoms. The molecule has 26 heavy (non-hydrogen) atoms. The Morgan fingerprint density at radius 2 is 1.92 bits per heavy atom. The van der Waals surface area contributed by atoms with E-state index < -0.39 is 0 Å². The summed E-state index contributed by atoms with van der Waals surface area (Å²) in [6.45, 7) is 1.84. The van der Waals surface area contributed by atoms with Crippen LogP contribution in [0.15, 0.2) is 53.4 Å². The van der Waals surface area contributed by atoms with Crippen LogP contribution in [0.5, 0.6) is 5.75 Å². The van der Waals surface area contributed by atoms with E-state index >= 15 is 0 Å². The zero-order valence-corrected chi connectivity index (χ0v) is 16.5. The van der Waals surface area contributed by atoms with E-state index in [0.717, 1.165) is 10.5 Å². The molecule has 0 fully saturated rings. The Morgan fingerprint density at radius 3 is 2.65 bits per heavy atom. The average Bonchev–Trinajstić information content (AvgIpc) is 3.11. The molecule has 0 bridgehead atoms. The summed E-state index contributed by atoms with van der Waals surface area (Å²) in [6, 6.07) is 15.0. The number of carbonyl (C=O) groups is 1. The van der Waals surface area contributed by atoms with Crippen LogP contribution in [-0.2, 0) is 4.79 Å². The number of aromatic nitrogens is 2. The highest BCUT2D eigenvalue weighted by Gasteiger charge is 2.18. The molecule has 1 N–H and O–H groups in total. The van der Waals surface area contributed by atoms with Gasteiger partial charge in [0.05, 0.1) is 17.9 Å². The normalized spacial score (nSPS) is 11.8. The Labute approximate surface area is 164 Å². The Morgan fingerprint density at radius 1 is 1.19 bits per heavy atom. The van der Waals surface area contributed by atoms with E-state index in [2.05, 4.69) is 15.5 Å². The number of para-hydroxylation sites is 1. The number of ether oxygens (including phenoxy) is 1. The van der Waals surface area contributed by atoms with Gasteiger partial charge in [-0.3, -0.25) is 10.1 Å². The second-order valence-electron chi connectivity index (χ2n) is 5.32. The molecular weight excluding hydrogens is 390 g/mol. The summed E-state index contributed by atoms with van der Waals surface area (Å²) in [4.78, 5) is 13.4. The number of hydrogen-bond donors (Lipinski definition) is 1. The molecular formula is C18H16ClN3O2S2. The molecule has 3 rings (SSSR count). The summed E-state index contributed by atoms with van der Waals surface area (Å²) in [6.07, 6.45) is 0. The number of thioether (sulfide) groups is 1. The van der Waals surface area contributed by atoms with Gasteiger partial charge in [-0.25, -0.2) is 0 Å². The van der Waals surface area contributed by atoms with Crippen LogP contribution in [-0.4, -0.2) is 28.5 Å². The van der Waals surface area contributed by atoms with Crippen LogP contribution >= 0.6 is 34.7 Å². The van der Waals surface area contributed by atoms with Crippen LogP contribution in [0, 0.1) is 0 Å². The molecule has 1 unspecified atom stereocenters. The summed E-state index contributed by atoms with van der Waals surface area (Å²) < 4.78 is 5.34. The van der Waals surface area contributed by atoms with Crippen molar-refractivity contribution in [3.63, 3.8) is 0 Å². The molecule has 3 aromatic rings. The van der Waals surface area contributed by atoms with E-state index in [4.69, 9.17) is 16.3 Å². The van der Waals surface area contributed by atoms with Gasteiger partial charge in [-0.15, -0.1) is 22.0 Å². The molecule has 0 saturated carbocycles. The van der Waals surface area contributed by atoms with Crippen molar-refractivity contribution in [1.82, 2.24) is 10.2 Å². The molecule has 1 aromatic heterocycles. The van der Waals surface area contributed by atoms with Gasteiger partial charge in [0, 0.05) is 9.92 Å². The van der Waals surface area contributed by atoms with Gasteiger partial charge >= 0.3 is 0 Å². The lowest BCUT2D eigenvalue weighted by Crippen LogP contribution is -2.22. The molecule has 0 aliphatic carbocycles. The lowest BCUT2D eigenvalue weighted by atomic mass is 10.2. The zero-order chi connectivity index (χ0) is 18.5. The van der Waals surface area contributed by atoms with Crippen molar-refractivity contribution in [2.75, 3.05) is 12.4 Å². The number of anilines is 1. The predicted molar refractivity (Wildman–Crippen MR) is 107 cm³/mol. The van der Waals surface area contributed by atoms with E-state index in [1.165, 1.54) is 23.1 Å². The molecule has 134 valence electrons. The van der Waals surface area contributed by atoms with Crippen LogP contribution in [0.2, 0.25) is 5.02 Å². The zero-order valence-electron chi connectivity index (χ0n) is 14.1. The Kier molecular flexibility index (Phi) is 6.13. The first-order valence-corrected chi connectivity index (χ1v) is 9.84. The van der Waals surface area contributed by atoms with Gasteiger partial charge in [0.15, 0.2) is 5.01 Å². The van der Waals surface area contributed by atoms with Gasteiger partial charge in [0.2, 0.25) is 11.0 Å². The van der Waals surface area contributed by atoms with Crippen LogP contribution < -0.4 is 10.1 Å². The van der Waals surface area contributed by atoms with Crippen molar-refractivity contribution in [3.05, 3.63) is 53.6 Å². The third-order valence-corrected chi connectivity index (χ3v) is 5.72. The van der Waals surface area contributed by atoms with Crippen molar-refractivity contribution in [2.24, 2.45) is 0 Å². The fourth-order valence-electron chi connectivity index (χ4n) is 2.18. The highest BCUT2D eigenvalue weighted by atomic mass is 35.5. The smallest absolute Gasteiger partial charge is 0.239 e. The number of methoxy groups -OCH3 is 1. The van der Waals surface area contributed by atoms with Gasteiger partial charge in [-0.2, -0.15) is 0 Å². The fourth-order valence-corrected chi connectivity index (χ4v) is 3.95. The number of carbonyl (C=O) groups excluding carboxylic acids is 1. The minimum Gasteiger partial charge on any atom is -0.496 e. The highest BCUT2D eigenvalue weighted by Crippen LogP contribution is 2.33. The standard InChI is InChI=1S/C18H16ClN3O2S2/c1-11(25-13-9-7-12(19)8-10-13)16(23)20-18-22-21-17(26-18)14-5-3-4-6-15(14)24-2/h3-11H,1-2H3,(H,20,22,23). The van der Waals surface area contributed by atoms with Crippen molar-refractivity contribution < 1.29 is 9.53 Å². The van der Waals surface area contributed by atoms with E-state index in [9.17, 15) is 4.79 Å². The first-order valence-electron chi connectivity index (χ1n) is 7.77. The number of nitrogens with one attached hydrogen (secondary N) is 1. The topological polar surface area (TPSA) is 64.1 Å². The lowest BCUT2D eigenvalue weighted by Gasteiger charge is -2.10. The fraction of sp³-hybridized carbons (Fsp3) is 0.167. The quantitative estimate of drug-likeness (QED) is 0.585. The second-order valence-corrected chi connectivity index (χ2v) is 8.14. The van der Waals surface area contributed by atoms with Crippen molar-refractivity contribution in [3.8, 4) is 16.3 Å². The molecule has 5 nitrogen and oxygen atoms in total. The summed E-state index contributed by atoms with van der Waals surface area (Å²) in [5.74, 6) is 0.584. The summed E-state index contributed by atoms with van der Waals surface area (Å²) in [5, 5.41) is 12.6. The van der Waals surface area contributed by atoms with E-state index in [1.807, 2.05) is 43.3 Å². The first kappa shape index (κ1) is 18.7. The molecule has 8 heteroatoms. The second kappa shape index (κ2) is 8.53. The van der Waals surface area contributed by atoms with Gasteiger partial charge < -0.3 is 4.74 Å². The third kappa shape index (κ3) is 4.55. The number of halogens is 1. The monoisotopic (exact) mass is 405 g/mol. The van der Waals surface area contributed by atoms with Crippen LogP contribution in [0.25, 0.3) is 10.6 Å². The van der Waals surface area contributed by atoms with Crippen molar-refractivity contribution in [1.29, 1.82) is 0 Å². The largest absolute Gasteiger partial charge is 0.496 e. The molecule has 0 aliphatic rings.